The Morgan fingerprint density at radius 2 is 1.90 bits per heavy atom. The summed E-state index contributed by atoms with van der Waals surface area (Å²) in [6.07, 6.45) is 1.53. The van der Waals surface area contributed by atoms with Gasteiger partial charge in [-0.2, -0.15) is 9.37 Å². The van der Waals surface area contributed by atoms with Crippen LogP contribution in [0.3, 0.4) is 0 Å². The first-order chi connectivity index (χ1) is 14.8. The number of furan rings is 1. The lowest BCUT2D eigenvalue weighted by molar-refractivity contribution is -0.110. The molecule has 2 atom stereocenters. The molecule has 0 radical (unpaired) electrons. The van der Waals surface area contributed by atoms with Crippen molar-refractivity contribution < 1.29 is 22.4 Å². The van der Waals surface area contributed by atoms with E-state index in [1.165, 1.54) is 10.6 Å². The fourth-order valence-electron chi connectivity index (χ4n) is 3.61. The number of sulfonamides is 1. The van der Waals surface area contributed by atoms with Crippen LogP contribution in [-0.2, 0) is 21.4 Å². The van der Waals surface area contributed by atoms with Crippen LogP contribution in [0.4, 0.5) is 0 Å². The SMILES string of the molecule is CN1OC[C@@H](S(=O)(=O)N(C)Cc2ccco2)[C@@H]1c1cccc(Oc2ccc(Cl)cc2)c1. The Bertz CT molecular complexity index is 1120. The molecule has 1 fully saturated rings. The van der Waals surface area contributed by atoms with Gasteiger partial charge in [-0.3, -0.25) is 4.84 Å². The summed E-state index contributed by atoms with van der Waals surface area (Å²) in [5.74, 6) is 1.81. The van der Waals surface area contributed by atoms with E-state index in [0.29, 0.717) is 22.3 Å². The van der Waals surface area contributed by atoms with Gasteiger partial charge in [0.1, 0.15) is 22.5 Å². The molecule has 1 aliphatic rings. The van der Waals surface area contributed by atoms with Crippen LogP contribution in [0.2, 0.25) is 5.02 Å². The largest absolute Gasteiger partial charge is 0.468 e. The van der Waals surface area contributed by atoms with Crippen LogP contribution in [0.15, 0.2) is 71.3 Å². The van der Waals surface area contributed by atoms with Crippen LogP contribution in [0, 0.1) is 0 Å². The quantitative estimate of drug-likeness (QED) is 0.515. The molecular formula is C22H23ClN2O5S. The fraction of sp³-hybridized carbons (Fsp3) is 0.273. The summed E-state index contributed by atoms with van der Waals surface area (Å²) in [6.45, 7) is 0.219. The predicted octanol–water partition coefficient (Wildman–Crippen LogP) is 4.47. The monoisotopic (exact) mass is 462 g/mol. The van der Waals surface area contributed by atoms with Crippen molar-refractivity contribution >= 4 is 21.6 Å². The van der Waals surface area contributed by atoms with Gasteiger partial charge in [0.2, 0.25) is 10.0 Å². The number of halogens is 1. The fourth-order valence-corrected chi connectivity index (χ4v) is 5.40. The maximum atomic E-state index is 13.3. The molecule has 7 nitrogen and oxygen atoms in total. The molecular weight excluding hydrogens is 440 g/mol. The second-order valence-electron chi connectivity index (χ2n) is 7.33. The minimum atomic E-state index is -3.67. The summed E-state index contributed by atoms with van der Waals surface area (Å²) in [5.41, 5.74) is 0.784. The molecule has 0 aliphatic carbocycles. The van der Waals surface area contributed by atoms with E-state index in [1.807, 2.05) is 24.3 Å². The molecule has 2 aromatic carbocycles. The molecule has 1 aliphatic heterocycles. The molecule has 31 heavy (non-hydrogen) atoms. The highest BCUT2D eigenvalue weighted by molar-refractivity contribution is 7.89. The molecule has 2 heterocycles. The van der Waals surface area contributed by atoms with E-state index in [4.69, 9.17) is 25.6 Å². The van der Waals surface area contributed by atoms with E-state index >= 15 is 0 Å². The van der Waals surface area contributed by atoms with Crippen LogP contribution in [0.5, 0.6) is 11.5 Å². The van der Waals surface area contributed by atoms with Crippen LogP contribution in [-0.4, -0.2) is 43.7 Å². The Hall–Kier alpha value is -2.36. The summed E-state index contributed by atoms with van der Waals surface area (Å²) in [6, 6.07) is 17.4. The number of hydrogen-bond acceptors (Lipinski definition) is 6. The minimum Gasteiger partial charge on any atom is -0.468 e. The molecule has 9 heteroatoms. The molecule has 1 saturated heterocycles. The Morgan fingerprint density at radius 3 is 2.61 bits per heavy atom. The second kappa shape index (κ2) is 9.02. The number of hydroxylamine groups is 2. The van der Waals surface area contributed by atoms with E-state index < -0.39 is 21.3 Å². The molecule has 3 aromatic rings. The second-order valence-corrected chi connectivity index (χ2v) is 10.0. The first kappa shape index (κ1) is 21.9. The molecule has 1 aromatic heterocycles. The maximum absolute atomic E-state index is 13.3. The lowest BCUT2D eigenvalue weighted by Crippen LogP contribution is -2.40. The summed E-state index contributed by atoms with van der Waals surface area (Å²) >= 11 is 5.93. The van der Waals surface area contributed by atoms with E-state index in [-0.39, 0.29) is 13.2 Å². The van der Waals surface area contributed by atoms with Crippen LogP contribution in [0.25, 0.3) is 0 Å². The molecule has 0 spiro atoms. The Balaban J connectivity index is 1.57. The van der Waals surface area contributed by atoms with Crippen molar-refractivity contribution in [2.75, 3.05) is 20.7 Å². The van der Waals surface area contributed by atoms with Crippen molar-refractivity contribution in [1.82, 2.24) is 9.37 Å². The van der Waals surface area contributed by atoms with E-state index in [9.17, 15) is 8.42 Å². The van der Waals surface area contributed by atoms with Crippen molar-refractivity contribution in [3.8, 4) is 11.5 Å². The van der Waals surface area contributed by atoms with Crippen molar-refractivity contribution in [1.29, 1.82) is 0 Å². The number of ether oxygens (including phenoxy) is 1. The van der Waals surface area contributed by atoms with Gasteiger partial charge in [0.25, 0.3) is 0 Å². The topological polar surface area (TPSA) is 72.2 Å². The third-order valence-electron chi connectivity index (χ3n) is 5.21. The zero-order chi connectivity index (χ0) is 22.0. The molecule has 0 N–H and O–H groups in total. The smallest absolute Gasteiger partial charge is 0.221 e. The number of nitrogens with zero attached hydrogens (tertiary/aromatic N) is 2. The van der Waals surface area contributed by atoms with Crippen molar-refractivity contribution in [3.05, 3.63) is 83.3 Å². The highest BCUT2D eigenvalue weighted by Crippen LogP contribution is 2.37. The van der Waals surface area contributed by atoms with Gasteiger partial charge in [-0.05, 0) is 54.1 Å². The average Bonchev–Trinajstić information content (AvgIpc) is 3.39. The predicted molar refractivity (Wildman–Crippen MR) is 117 cm³/mol. The summed E-state index contributed by atoms with van der Waals surface area (Å²) in [4.78, 5) is 5.62. The minimum absolute atomic E-state index is 0.0638. The Kier molecular flexibility index (Phi) is 6.36. The van der Waals surface area contributed by atoms with Crippen LogP contribution in [0.1, 0.15) is 17.4 Å². The van der Waals surface area contributed by atoms with Crippen molar-refractivity contribution in [2.24, 2.45) is 0 Å². The van der Waals surface area contributed by atoms with E-state index in [1.54, 1.807) is 55.6 Å². The van der Waals surface area contributed by atoms with Gasteiger partial charge in [-0.25, -0.2) is 8.42 Å². The summed E-state index contributed by atoms with van der Waals surface area (Å²) in [7, 11) is -0.386. The zero-order valence-electron chi connectivity index (χ0n) is 17.1. The van der Waals surface area contributed by atoms with Gasteiger partial charge in [0.15, 0.2) is 0 Å². The zero-order valence-corrected chi connectivity index (χ0v) is 18.7. The van der Waals surface area contributed by atoms with E-state index in [2.05, 4.69) is 0 Å². The Morgan fingerprint density at radius 1 is 1.13 bits per heavy atom. The van der Waals surface area contributed by atoms with Crippen LogP contribution >= 0.6 is 11.6 Å². The van der Waals surface area contributed by atoms with Gasteiger partial charge in [-0.1, -0.05) is 23.7 Å². The molecule has 0 saturated carbocycles. The highest BCUT2D eigenvalue weighted by Gasteiger charge is 2.45. The van der Waals surface area contributed by atoms with Gasteiger partial charge in [0.05, 0.1) is 25.5 Å². The third-order valence-corrected chi connectivity index (χ3v) is 7.62. The summed E-state index contributed by atoms with van der Waals surface area (Å²) in [5, 5.41) is 1.44. The molecule has 0 bridgehead atoms. The lowest BCUT2D eigenvalue weighted by atomic mass is 10.0. The summed E-state index contributed by atoms with van der Waals surface area (Å²) < 4.78 is 39.2. The number of hydrogen-bond donors (Lipinski definition) is 0. The molecule has 0 unspecified atom stereocenters. The molecule has 4 rings (SSSR count). The molecule has 164 valence electrons. The lowest BCUT2D eigenvalue weighted by Gasteiger charge is -2.26. The van der Waals surface area contributed by atoms with Gasteiger partial charge in [-0.15, -0.1) is 0 Å². The van der Waals surface area contributed by atoms with Crippen molar-refractivity contribution in [3.63, 3.8) is 0 Å². The maximum Gasteiger partial charge on any atom is 0.221 e. The number of benzene rings is 2. The normalized spacial score (nSPS) is 19.7. The van der Waals surface area contributed by atoms with Gasteiger partial charge < -0.3 is 9.15 Å². The standard InChI is InChI=1S/C22H23ClN2O5S/c1-24(14-20-7-4-12-28-20)31(26,27)21-15-29-25(2)22(21)16-5-3-6-19(13-16)30-18-10-8-17(23)9-11-18/h3-13,21-22H,14-15H2,1-2H3/t21-,22+/m1/s1. The van der Waals surface area contributed by atoms with Crippen molar-refractivity contribution in [2.45, 2.75) is 17.8 Å². The third kappa shape index (κ3) is 4.78. The first-order valence-corrected chi connectivity index (χ1v) is 11.6. The average molecular weight is 463 g/mol. The highest BCUT2D eigenvalue weighted by atomic mass is 35.5. The van der Waals surface area contributed by atoms with Gasteiger partial charge >= 0.3 is 0 Å². The van der Waals surface area contributed by atoms with E-state index in [0.717, 1.165) is 5.56 Å². The molecule has 0 amide bonds. The Labute approximate surface area is 186 Å². The first-order valence-electron chi connectivity index (χ1n) is 9.71. The van der Waals surface area contributed by atoms with Gasteiger partial charge in [0, 0.05) is 19.1 Å². The number of rotatable bonds is 7. The van der Waals surface area contributed by atoms with Crippen LogP contribution < -0.4 is 4.74 Å².